The van der Waals surface area contributed by atoms with Gasteiger partial charge in [-0.2, -0.15) is 0 Å². The van der Waals surface area contributed by atoms with E-state index in [1.54, 1.807) is 0 Å². The largest absolute Gasteiger partial charge is 0.316 e. The van der Waals surface area contributed by atoms with E-state index in [-0.39, 0.29) is 5.82 Å². The first kappa shape index (κ1) is 12.1. The van der Waals surface area contributed by atoms with Crippen LogP contribution >= 0.6 is 15.9 Å². The van der Waals surface area contributed by atoms with Gasteiger partial charge >= 0.3 is 0 Å². The number of piperidine rings is 1. The van der Waals surface area contributed by atoms with Crippen LogP contribution in [0.4, 0.5) is 4.39 Å². The molecule has 1 aliphatic heterocycles. The molecular formula is C13H17BrFN. The molecule has 1 atom stereocenters. The Balaban J connectivity index is 2.09. The molecule has 88 valence electrons. The van der Waals surface area contributed by atoms with E-state index >= 15 is 0 Å². The van der Waals surface area contributed by atoms with Crippen molar-refractivity contribution in [2.75, 3.05) is 13.1 Å². The Bertz CT molecular complexity index is 349. The number of hydrogen-bond acceptors (Lipinski definition) is 1. The Morgan fingerprint density at radius 3 is 2.94 bits per heavy atom. The average molecular weight is 286 g/mol. The molecular weight excluding hydrogens is 269 g/mol. The lowest BCUT2D eigenvalue weighted by Crippen LogP contribution is -2.30. The smallest absolute Gasteiger partial charge is 0.140 e. The molecule has 16 heavy (non-hydrogen) atoms. The van der Waals surface area contributed by atoms with Gasteiger partial charge in [-0.05, 0) is 78.3 Å². The van der Waals surface area contributed by atoms with Crippen LogP contribution in [-0.2, 0) is 6.42 Å². The lowest BCUT2D eigenvalue weighted by Gasteiger charge is -2.23. The lowest BCUT2D eigenvalue weighted by atomic mass is 9.92. The normalized spacial score (nSPS) is 21.1. The molecule has 3 heteroatoms. The number of benzene rings is 1. The summed E-state index contributed by atoms with van der Waals surface area (Å²) in [5.41, 5.74) is 1.97. The molecule has 1 fully saturated rings. The van der Waals surface area contributed by atoms with Gasteiger partial charge in [-0.1, -0.05) is 6.07 Å². The van der Waals surface area contributed by atoms with Crippen molar-refractivity contribution in [1.29, 1.82) is 0 Å². The zero-order valence-electron chi connectivity index (χ0n) is 9.52. The quantitative estimate of drug-likeness (QED) is 0.878. The average Bonchev–Trinajstić information content (AvgIpc) is 2.27. The third-order valence-electron chi connectivity index (χ3n) is 3.19. The van der Waals surface area contributed by atoms with Crippen LogP contribution in [0.15, 0.2) is 16.6 Å². The Hall–Kier alpha value is -0.410. The van der Waals surface area contributed by atoms with Crippen LogP contribution in [0.5, 0.6) is 0 Å². The van der Waals surface area contributed by atoms with Gasteiger partial charge in [-0.25, -0.2) is 4.39 Å². The highest BCUT2D eigenvalue weighted by Crippen LogP contribution is 2.24. The third-order valence-corrected chi connectivity index (χ3v) is 3.77. The second kappa shape index (κ2) is 5.28. The number of rotatable bonds is 2. The monoisotopic (exact) mass is 285 g/mol. The number of halogens is 2. The molecule has 0 spiro atoms. The second-order valence-electron chi connectivity index (χ2n) is 4.63. The van der Waals surface area contributed by atoms with Crippen molar-refractivity contribution in [1.82, 2.24) is 5.32 Å². The van der Waals surface area contributed by atoms with Crippen molar-refractivity contribution in [3.8, 4) is 0 Å². The highest BCUT2D eigenvalue weighted by atomic mass is 79.9. The first-order valence-electron chi connectivity index (χ1n) is 5.82. The first-order valence-corrected chi connectivity index (χ1v) is 6.61. The molecule has 1 unspecified atom stereocenters. The molecule has 2 rings (SSSR count). The van der Waals surface area contributed by atoms with Crippen LogP contribution in [0.2, 0.25) is 0 Å². The standard InChI is InChI=1S/C13H17BrFN/c1-9-5-11(7-12(14)13(9)15)6-10-3-2-4-16-8-10/h5,7,10,16H,2-4,6,8H2,1H3. The Kier molecular flexibility index (Phi) is 3.98. The van der Waals surface area contributed by atoms with Crippen molar-refractivity contribution in [3.05, 3.63) is 33.5 Å². The summed E-state index contributed by atoms with van der Waals surface area (Å²) in [6.45, 7) is 4.05. The van der Waals surface area contributed by atoms with E-state index in [0.717, 1.165) is 25.1 Å². The van der Waals surface area contributed by atoms with E-state index in [2.05, 4.69) is 21.2 Å². The van der Waals surface area contributed by atoms with E-state index in [4.69, 9.17) is 0 Å². The Morgan fingerprint density at radius 1 is 1.50 bits per heavy atom. The van der Waals surface area contributed by atoms with Crippen molar-refractivity contribution >= 4 is 15.9 Å². The zero-order valence-corrected chi connectivity index (χ0v) is 11.1. The van der Waals surface area contributed by atoms with Crippen molar-refractivity contribution in [2.45, 2.75) is 26.2 Å². The highest BCUT2D eigenvalue weighted by Gasteiger charge is 2.14. The van der Waals surface area contributed by atoms with Gasteiger partial charge in [-0.15, -0.1) is 0 Å². The molecule has 1 aromatic carbocycles. The summed E-state index contributed by atoms with van der Waals surface area (Å²) in [4.78, 5) is 0. The molecule has 0 aromatic heterocycles. The van der Waals surface area contributed by atoms with E-state index in [1.165, 1.54) is 18.4 Å². The van der Waals surface area contributed by atoms with E-state index in [1.807, 2.05) is 19.1 Å². The van der Waals surface area contributed by atoms with E-state index in [0.29, 0.717) is 10.4 Å². The van der Waals surface area contributed by atoms with Crippen LogP contribution in [-0.4, -0.2) is 13.1 Å². The fourth-order valence-corrected chi connectivity index (χ4v) is 2.95. The maximum atomic E-state index is 13.4. The third kappa shape index (κ3) is 2.83. The van der Waals surface area contributed by atoms with Gasteiger partial charge in [0.25, 0.3) is 0 Å². The number of aryl methyl sites for hydroxylation is 1. The molecule has 1 heterocycles. The minimum atomic E-state index is -0.134. The zero-order chi connectivity index (χ0) is 11.5. The summed E-state index contributed by atoms with van der Waals surface area (Å²) in [7, 11) is 0. The van der Waals surface area contributed by atoms with Gasteiger partial charge in [-0.3, -0.25) is 0 Å². The Labute approximate surface area is 105 Å². The van der Waals surface area contributed by atoms with Crippen LogP contribution < -0.4 is 5.32 Å². The van der Waals surface area contributed by atoms with Crippen LogP contribution in [0, 0.1) is 18.7 Å². The summed E-state index contributed by atoms with van der Waals surface area (Å²) >= 11 is 3.27. The summed E-state index contributed by atoms with van der Waals surface area (Å²) in [6, 6.07) is 3.88. The predicted molar refractivity (Wildman–Crippen MR) is 68.1 cm³/mol. The van der Waals surface area contributed by atoms with Gasteiger partial charge in [0, 0.05) is 0 Å². The van der Waals surface area contributed by atoms with Crippen molar-refractivity contribution in [3.63, 3.8) is 0 Å². The molecule has 1 aliphatic rings. The van der Waals surface area contributed by atoms with Crippen molar-refractivity contribution < 1.29 is 4.39 Å². The molecule has 0 bridgehead atoms. The molecule has 1 aromatic rings. The molecule has 1 saturated heterocycles. The number of hydrogen-bond donors (Lipinski definition) is 1. The highest BCUT2D eigenvalue weighted by molar-refractivity contribution is 9.10. The van der Waals surface area contributed by atoms with Gasteiger partial charge in [0.1, 0.15) is 5.82 Å². The predicted octanol–water partition coefficient (Wildman–Crippen LogP) is 3.44. The minimum absolute atomic E-state index is 0.134. The fraction of sp³-hybridized carbons (Fsp3) is 0.538. The minimum Gasteiger partial charge on any atom is -0.316 e. The maximum Gasteiger partial charge on any atom is 0.140 e. The molecule has 1 nitrogen and oxygen atoms in total. The molecule has 0 amide bonds. The topological polar surface area (TPSA) is 12.0 Å². The van der Waals surface area contributed by atoms with Gasteiger partial charge in [0.05, 0.1) is 4.47 Å². The van der Waals surface area contributed by atoms with E-state index < -0.39 is 0 Å². The first-order chi connectivity index (χ1) is 7.66. The summed E-state index contributed by atoms with van der Waals surface area (Å²) < 4.78 is 14.0. The molecule has 0 aliphatic carbocycles. The van der Waals surface area contributed by atoms with Crippen LogP contribution in [0.1, 0.15) is 24.0 Å². The SMILES string of the molecule is Cc1cc(CC2CCCNC2)cc(Br)c1F. The van der Waals surface area contributed by atoms with Gasteiger partial charge in [0.2, 0.25) is 0 Å². The van der Waals surface area contributed by atoms with Crippen molar-refractivity contribution in [2.24, 2.45) is 5.92 Å². The van der Waals surface area contributed by atoms with Gasteiger partial charge in [0.15, 0.2) is 0 Å². The molecule has 0 saturated carbocycles. The second-order valence-corrected chi connectivity index (χ2v) is 5.48. The maximum absolute atomic E-state index is 13.4. The molecule has 0 radical (unpaired) electrons. The summed E-state index contributed by atoms with van der Waals surface area (Å²) in [5, 5.41) is 3.41. The van der Waals surface area contributed by atoms with Crippen LogP contribution in [0.3, 0.4) is 0 Å². The van der Waals surface area contributed by atoms with Gasteiger partial charge < -0.3 is 5.32 Å². The molecule has 1 N–H and O–H groups in total. The number of nitrogens with one attached hydrogen (secondary N) is 1. The van der Waals surface area contributed by atoms with E-state index in [9.17, 15) is 4.39 Å². The fourth-order valence-electron chi connectivity index (χ4n) is 2.35. The summed E-state index contributed by atoms with van der Waals surface area (Å²) in [5.74, 6) is 0.566. The lowest BCUT2D eigenvalue weighted by molar-refractivity contribution is 0.376. The summed E-state index contributed by atoms with van der Waals surface area (Å²) in [6.07, 6.45) is 3.58. The van der Waals surface area contributed by atoms with Crippen LogP contribution in [0.25, 0.3) is 0 Å². The Morgan fingerprint density at radius 2 is 2.31 bits per heavy atom.